The fourth-order valence-electron chi connectivity index (χ4n) is 3.48. The second-order valence-electron chi connectivity index (χ2n) is 7.80. The number of hydrogen-bond acceptors (Lipinski definition) is 5. The van der Waals surface area contributed by atoms with E-state index in [4.69, 9.17) is 0 Å². The maximum Gasteiger partial charge on any atom is 0.266 e. The molecule has 8 nitrogen and oxygen atoms in total. The summed E-state index contributed by atoms with van der Waals surface area (Å²) in [7, 11) is 0. The number of benzene rings is 2. The van der Waals surface area contributed by atoms with Crippen LogP contribution in [-0.4, -0.2) is 51.3 Å². The van der Waals surface area contributed by atoms with Gasteiger partial charge in [-0.25, -0.2) is 13.2 Å². The molecular formula is C21H20F3N5O3. The molecule has 4 rings (SSSR count). The summed E-state index contributed by atoms with van der Waals surface area (Å²) in [5.74, 6) is -3.47. The number of H-pyrrole nitrogens is 2. The highest BCUT2D eigenvalue weighted by Crippen LogP contribution is 2.31. The third kappa shape index (κ3) is 4.19. The number of likely N-dealkylation sites (tertiary alicyclic amines) is 1. The number of nitrogens with one attached hydrogen (secondary N) is 4. The summed E-state index contributed by atoms with van der Waals surface area (Å²) in [6.07, 6.45) is 0. The van der Waals surface area contributed by atoms with Gasteiger partial charge in [0.1, 0.15) is 17.2 Å². The van der Waals surface area contributed by atoms with Crippen LogP contribution in [0.2, 0.25) is 0 Å². The standard InChI is InChI=1S/C21H20F3N5O3/c1-11-2-5-15(14(23)6-11)26-19-12(3-4-13(22)18(19)24)20(31)29-9-21(32,10-29)8-25-16-7-17(30)28-27-16/h2-7,26,32H,8-10H2,1H3,(H3,25,27,28,30). The van der Waals surface area contributed by atoms with Crippen LogP contribution >= 0.6 is 0 Å². The number of carbonyl (C=O) groups excluding carboxylic acids is 1. The fourth-order valence-corrected chi connectivity index (χ4v) is 3.48. The SMILES string of the molecule is Cc1ccc(Nc2c(C(=O)N3CC(O)(CNc4cc(=O)[nH][nH]4)C3)ccc(F)c2F)c(F)c1. The molecule has 1 amide bonds. The molecule has 0 saturated carbocycles. The molecule has 168 valence electrons. The van der Waals surface area contributed by atoms with Gasteiger partial charge in [0, 0.05) is 12.6 Å². The Hall–Kier alpha value is -3.73. The molecule has 11 heteroatoms. The minimum atomic E-state index is -1.32. The van der Waals surface area contributed by atoms with E-state index in [-0.39, 0.29) is 36.4 Å². The summed E-state index contributed by atoms with van der Waals surface area (Å²) >= 11 is 0. The van der Waals surface area contributed by atoms with Gasteiger partial charge in [-0.2, -0.15) is 0 Å². The van der Waals surface area contributed by atoms with E-state index in [9.17, 15) is 27.9 Å². The highest BCUT2D eigenvalue weighted by atomic mass is 19.2. The molecule has 0 spiro atoms. The van der Waals surface area contributed by atoms with Crippen LogP contribution in [0.5, 0.6) is 0 Å². The Morgan fingerprint density at radius 1 is 1.12 bits per heavy atom. The van der Waals surface area contributed by atoms with Gasteiger partial charge in [0.15, 0.2) is 11.6 Å². The van der Waals surface area contributed by atoms with Crippen LogP contribution in [-0.2, 0) is 0 Å². The summed E-state index contributed by atoms with van der Waals surface area (Å²) in [5.41, 5.74) is -1.78. The quantitative estimate of drug-likeness (QED) is 0.399. The summed E-state index contributed by atoms with van der Waals surface area (Å²) in [4.78, 5) is 25.3. The lowest BCUT2D eigenvalue weighted by molar-refractivity contribution is -0.0707. The number of hydrogen-bond donors (Lipinski definition) is 5. The van der Waals surface area contributed by atoms with E-state index in [1.807, 2.05) is 0 Å². The van der Waals surface area contributed by atoms with E-state index in [0.717, 1.165) is 12.1 Å². The first-order valence-electron chi connectivity index (χ1n) is 9.70. The number of halogens is 3. The Kier molecular flexibility index (Phi) is 5.43. The molecule has 1 fully saturated rings. The molecule has 0 atom stereocenters. The van der Waals surface area contributed by atoms with Crippen LogP contribution in [0.25, 0.3) is 0 Å². The molecule has 3 aromatic rings. The van der Waals surface area contributed by atoms with E-state index in [0.29, 0.717) is 11.4 Å². The number of aromatic amines is 2. The van der Waals surface area contributed by atoms with Crippen molar-refractivity contribution in [2.45, 2.75) is 12.5 Å². The fraction of sp³-hybridized carbons (Fsp3) is 0.238. The molecular weight excluding hydrogens is 427 g/mol. The average molecular weight is 447 g/mol. The summed E-state index contributed by atoms with van der Waals surface area (Å²) < 4.78 is 42.6. The monoisotopic (exact) mass is 447 g/mol. The summed E-state index contributed by atoms with van der Waals surface area (Å²) in [5, 5.41) is 20.8. The second kappa shape index (κ2) is 8.08. The lowest BCUT2D eigenvalue weighted by Gasteiger charge is -2.46. The number of amides is 1. The molecule has 2 heterocycles. The number of anilines is 3. The number of β-amino-alcohol motifs (C(OH)–C–C–N with tert-alkyl or cyclic N) is 1. The number of aryl methyl sites for hydroxylation is 1. The molecule has 0 bridgehead atoms. The maximum absolute atomic E-state index is 14.5. The molecule has 5 N–H and O–H groups in total. The minimum Gasteiger partial charge on any atom is -0.384 e. The van der Waals surface area contributed by atoms with Crippen LogP contribution in [0, 0.1) is 24.4 Å². The minimum absolute atomic E-state index is 0.0437. The number of rotatable bonds is 6. The molecule has 1 saturated heterocycles. The Morgan fingerprint density at radius 3 is 2.53 bits per heavy atom. The zero-order chi connectivity index (χ0) is 23.0. The molecule has 1 aromatic heterocycles. The van der Waals surface area contributed by atoms with Crippen molar-refractivity contribution in [3.05, 3.63) is 75.3 Å². The van der Waals surface area contributed by atoms with Crippen molar-refractivity contribution in [2.75, 3.05) is 30.3 Å². The van der Waals surface area contributed by atoms with Gasteiger partial charge in [0.25, 0.3) is 11.5 Å². The van der Waals surface area contributed by atoms with Crippen molar-refractivity contribution in [1.29, 1.82) is 0 Å². The van der Waals surface area contributed by atoms with Gasteiger partial charge < -0.3 is 20.6 Å². The van der Waals surface area contributed by atoms with Crippen LogP contribution in [0.15, 0.2) is 41.2 Å². The Morgan fingerprint density at radius 2 is 1.88 bits per heavy atom. The first kappa shape index (κ1) is 21.5. The van der Waals surface area contributed by atoms with E-state index in [2.05, 4.69) is 20.8 Å². The van der Waals surface area contributed by atoms with Crippen molar-refractivity contribution in [3.63, 3.8) is 0 Å². The van der Waals surface area contributed by atoms with Gasteiger partial charge in [-0.15, -0.1) is 0 Å². The average Bonchev–Trinajstić information content (AvgIpc) is 3.14. The van der Waals surface area contributed by atoms with Crippen molar-refractivity contribution in [1.82, 2.24) is 15.1 Å². The van der Waals surface area contributed by atoms with Gasteiger partial charge in [0.2, 0.25) is 0 Å². The molecule has 1 aliphatic rings. The molecule has 2 aromatic carbocycles. The summed E-state index contributed by atoms with van der Waals surface area (Å²) in [6.45, 7) is 1.57. The Bertz CT molecular complexity index is 1230. The number of carbonyl (C=O) groups is 1. The summed E-state index contributed by atoms with van der Waals surface area (Å²) in [6, 6.07) is 7.37. The zero-order valence-corrected chi connectivity index (χ0v) is 16.9. The van der Waals surface area contributed by atoms with Gasteiger partial charge >= 0.3 is 0 Å². The topological polar surface area (TPSA) is 113 Å². The normalized spacial score (nSPS) is 14.7. The molecule has 0 aliphatic carbocycles. The van der Waals surface area contributed by atoms with Crippen molar-refractivity contribution in [2.24, 2.45) is 0 Å². The van der Waals surface area contributed by atoms with Crippen molar-refractivity contribution >= 4 is 23.1 Å². The first-order valence-corrected chi connectivity index (χ1v) is 9.70. The Labute approximate surface area is 180 Å². The van der Waals surface area contributed by atoms with Gasteiger partial charge in [-0.3, -0.25) is 19.8 Å². The highest BCUT2D eigenvalue weighted by Gasteiger charge is 2.44. The van der Waals surface area contributed by atoms with Gasteiger partial charge in [-0.05, 0) is 36.8 Å². The largest absolute Gasteiger partial charge is 0.384 e. The van der Waals surface area contributed by atoms with E-state index < -0.39 is 34.6 Å². The van der Waals surface area contributed by atoms with Crippen molar-refractivity contribution in [3.8, 4) is 0 Å². The predicted molar refractivity (Wildman–Crippen MR) is 112 cm³/mol. The molecule has 0 unspecified atom stereocenters. The second-order valence-corrected chi connectivity index (χ2v) is 7.80. The lowest BCUT2D eigenvalue weighted by Crippen LogP contribution is -2.66. The van der Waals surface area contributed by atoms with Crippen LogP contribution in [0.1, 0.15) is 15.9 Å². The zero-order valence-electron chi connectivity index (χ0n) is 16.9. The predicted octanol–water partition coefficient (Wildman–Crippen LogP) is 2.47. The van der Waals surface area contributed by atoms with Crippen LogP contribution < -0.4 is 16.2 Å². The first-order chi connectivity index (χ1) is 15.1. The van der Waals surface area contributed by atoms with Gasteiger partial charge in [0.05, 0.1) is 30.0 Å². The van der Waals surface area contributed by atoms with E-state index in [1.165, 1.54) is 23.1 Å². The smallest absolute Gasteiger partial charge is 0.266 e. The number of nitrogens with zero attached hydrogens (tertiary/aromatic N) is 1. The van der Waals surface area contributed by atoms with Crippen molar-refractivity contribution < 1.29 is 23.1 Å². The molecule has 32 heavy (non-hydrogen) atoms. The van der Waals surface area contributed by atoms with E-state index >= 15 is 0 Å². The highest BCUT2D eigenvalue weighted by molar-refractivity contribution is 6.01. The van der Waals surface area contributed by atoms with E-state index in [1.54, 1.807) is 13.0 Å². The molecule has 0 radical (unpaired) electrons. The number of aromatic nitrogens is 2. The van der Waals surface area contributed by atoms with Crippen LogP contribution in [0.3, 0.4) is 0 Å². The van der Waals surface area contributed by atoms with Crippen LogP contribution in [0.4, 0.5) is 30.4 Å². The Balaban J connectivity index is 1.50. The third-order valence-electron chi connectivity index (χ3n) is 5.17. The number of aliphatic hydroxyl groups is 1. The molecule has 1 aliphatic heterocycles. The van der Waals surface area contributed by atoms with Gasteiger partial charge in [-0.1, -0.05) is 6.07 Å². The maximum atomic E-state index is 14.5. The third-order valence-corrected chi connectivity index (χ3v) is 5.17. The lowest BCUT2D eigenvalue weighted by atomic mass is 9.92.